The maximum atomic E-state index is 5.45. The van der Waals surface area contributed by atoms with E-state index in [0.717, 1.165) is 34.2 Å². The van der Waals surface area contributed by atoms with E-state index in [1.807, 2.05) is 53.1 Å². The summed E-state index contributed by atoms with van der Waals surface area (Å²) in [4.78, 5) is 8.94. The Bertz CT molecular complexity index is 1120. The second-order valence-corrected chi connectivity index (χ2v) is 6.04. The van der Waals surface area contributed by atoms with Gasteiger partial charge in [-0.3, -0.25) is 9.38 Å². The van der Waals surface area contributed by atoms with Gasteiger partial charge >= 0.3 is 0 Å². The zero-order chi connectivity index (χ0) is 19.5. The molecule has 2 aromatic heterocycles. The molecule has 7 heteroatoms. The van der Waals surface area contributed by atoms with Crippen molar-refractivity contribution < 1.29 is 14.2 Å². The van der Waals surface area contributed by atoms with Crippen LogP contribution in [0.2, 0.25) is 0 Å². The third-order valence-electron chi connectivity index (χ3n) is 4.42. The number of nitrogens with one attached hydrogen (secondary N) is 1. The Morgan fingerprint density at radius 2 is 1.79 bits per heavy atom. The van der Waals surface area contributed by atoms with Crippen molar-refractivity contribution in [3.8, 4) is 28.5 Å². The van der Waals surface area contributed by atoms with Crippen LogP contribution in [0, 0.1) is 0 Å². The minimum absolute atomic E-state index is 0.641. The van der Waals surface area contributed by atoms with Crippen LogP contribution in [0.25, 0.3) is 16.9 Å². The van der Waals surface area contributed by atoms with Crippen LogP contribution in [-0.2, 0) is 0 Å². The Kier molecular flexibility index (Phi) is 4.72. The summed E-state index contributed by atoms with van der Waals surface area (Å²) in [6.45, 7) is 0. The maximum Gasteiger partial charge on any atom is 0.161 e. The van der Waals surface area contributed by atoms with Crippen LogP contribution in [0.4, 0.5) is 11.5 Å². The van der Waals surface area contributed by atoms with Crippen LogP contribution in [0.15, 0.2) is 61.1 Å². The van der Waals surface area contributed by atoms with Gasteiger partial charge < -0.3 is 19.5 Å². The van der Waals surface area contributed by atoms with Crippen molar-refractivity contribution in [2.24, 2.45) is 0 Å². The Balaban J connectivity index is 1.86. The predicted molar refractivity (Wildman–Crippen MR) is 108 cm³/mol. The second-order valence-electron chi connectivity index (χ2n) is 6.04. The Morgan fingerprint density at radius 1 is 0.929 bits per heavy atom. The summed E-state index contributed by atoms with van der Waals surface area (Å²) >= 11 is 0. The largest absolute Gasteiger partial charge is 0.497 e. The molecule has 0 saturated heterocycles. The van der Waals surface area contributed by atoms with Crippen LogP contribution in [-0.4, -0.2) is 35.7 Å². The average molecular weight is 376 g/mol. The highest BCUT2D eigenvalue weighted by atomic mass is 16.5. The standard InChI is InChI=1S/C21H20N4O3/c1-26-16-6-4-5-15(12-16)23-21-20(24-19-13-22-9-10-25(19)21)14-7-8-17(27-2)18(11-14)28-3/h4-13,23H,1-3H3. The van der Waals surface area contributed by atoms with Crippen molar-refractivity contribution in [3.63, 3.8) is 0 Å². The van der Waals surface area contributed by atoms with Gasteiger partial charge in [0.05, 0.1) is 27.5 Å². The number of benzene rings is 2. The molecule has 142 valence electrons. The molecular weight excluding hydrogens is 356 g/mol. The number of hydrogen-bond acceptors (Lipinski definition) is 6. The van der Waals surface area contributed by atoms with Crippen LogP contribution < -0.4 is 19.5 Å². The molecule has 2 aromatic carbocycles. The topological polar surface area (TPSA) is 69.9 Å². The normalized spacial score (nSPS) is 10.7. The molecule has 0 fully saturated rings. The van der Waals surface area contributed by atoms with Gasteiger partial charge in [-0.2, -0.15) is 0 Å². The van der Waals surface area contributed by atoms with Crippen LogP contribution >= 0.6 is 0 Å². The van der Waals surface area contributed by atoms with Crippen LogP contribution in [0.5, 0.6) is 17.2 Å². The van der Waals surface area contributed by atoms with E-state index in [2.05, 4.69) is 10.3 Å². The molecule has 7 nitrogen and oxygen atoms in total. The van der Waals surface area contributed by atoms with Crippen LogP contribution in [0.1, 0.15) is 0 Å². The van der Waals surface area contributed by atoms with Gasteiger partial charge in [-0.15, -0.1) is 0 Å². The summed E-state index contributed by atoms with van der Waals surface area (Å²) in [5, 5.41) is 3.46. The third kappa shape index (κ3) is 3.18. The first-order valence-corrected chi connectivity index (χ1v) is 8.69. The van der Waals surface area contributed by atoms with Crippen LogP contribution in [0.3, 0.4) is 0 Å². The number of imidazole rings is 1. The van der Waals surface area contributed by atoms with E-state index in [1.54, 1.807) is 33.7 Å². The zero-order valence-electron chi connectivity index (χ0n) is 15.8. The van der Waals surface area contributed by atoms with Crippen molar-refractivity contribution in [2.75, 3.05) is 26.6 Å². The molecule has 0 aliphatic heterocycles. The van der Waals surface area contributed by atoms with Crippen molar-refractivity contribution in [1.29, 1.82) is 0 Å². The number of ether oxygens (including phenoxy) is 3. The molecule has 0 saturated carbocycles. The van der Waals surface area contributed by atoms with Gasteiger partial charge in [0, 0.05) is 29.7 Å². The van der Waals surface area contributed by atoms with E-state index < -0.39 is 0 Å². The first-order valence-electron chi connectivity index (χ1n) is 8.69. The lowest BCUT2D eigenvalue weighted by Crippen LogP contribution is -1.98. The van der Waals surface area contributed by atoms with Crippen molar-refractivity contribution >= 4 is 17.2 Å². The molecule has 0 spiro atoms. The van der Waals surface area contributed by atoms with Crippen molar-refractivity contribution in [3.05, 3.63) is 61.1 Å². The summed E-state index contributed by atoms with van der Waals surface area (Å²) in [5.41, 5.74) is 3.29. The number of nitrogens with zero attached hydrogens (tertiary/aromatic N) is 3. The molecule has 4 rings (SSSR count). The summed E-state index contributed by atoms with van der Waals surface area (Å²) in [5.74, 6) is 2.90. The van der Waals surface area contributed by atoms with E-state index in [1.165, 1.54) is 0 Å². The second kappa shape index (κ2) is 7.48. The Hall–Kier alpha value is -3.74. The Morgan fingerprint density at radius 3 is 2.57 bits per heavy atom. The molecular formula is C21H20N4O3. The number of methoxy groups -OCH3 is 3. The van der Waals surface area contributed by atoms with Gasteiger partial charge in [0.15, 0.2) is 17.1 Å². The predicted octanol–water partition coefficient (Wildman–Crippen LogP) is 4.17. The fraction of sp³-hybridized carbons (Fsp3) is 0.143. The van der Waals surface area contributed by atoms with Crippen molar-refractivity contribution in [2.45, 2.75) is 0 Å². The number of rotatable bonds is 6. The van der Waals surface area contributed by atoms with Gasteiger partial charge in [0.25, 0.3) is 0 Å². The highest BCUT2D eigenvalue weighted by molar-refractivity contribution is 5.80. The summed E-state index contributed by atoms with van der Waals surface area (Å²) in [6.07, 6.45) is 5.32. The molecule has 0 amide bonds. The highest BCUT2D eigenvalue weighted by Crippen LogP contribution is 2.36. The molecule has 0 aliphatic rings. The molecule has 0 bridgehead atoms. The number of fused-ring (bicyclic) bond motifs is 1. The van der Waals surface area contributed by atoms with E-state index in [4.69, 9.17) is 19.2 Å². The molecule has 2 heterocycles. The maximum absolute atomic E-state index is 5.45. The van der Waals surface area contributed by atoms with E-state index in [9.17, 15) is 0 Å². The SMILES string of the molecule is COc1cccc(Nc2c(-c3ccc(OC)c(OC)c3)nc3cnccn23)c1. The van der Waals surface area contributed by atoms with Crippen molar-refractivity contribution in [1.82, 2.24) is 14.4 Å². The lowest BCUT2D eigenvalue weighted by molar-refractivity contribution is 0.355. The molecule has 4 aromatic rings. The lowest BCUT2D eigenvalue weighted by Gasteiger charge is -2.12. The molecule has 0 unspecified atom stereocenters. The molecule has 1 N–H and O–H groups in total. The summed E-state index contributed by atoms with van der Waals surface area (Å²) in [6, 6.07) is 13.5. The van der Waals surface area contributed by atoms with Gasteiger partial charge in [-0.25, -0.2) is 4.98 Å². The Labute approximate surface area is 162 Å². The van der Waals surface area contributed by atoms with E-state index >= 15 is 0 Å². The van der Waals surface area contributed by atoms with Gasteiger partial charge in [-0.1, -0.05) is 6.07 Å². The number of aromatic nitrogens is 3. The lowest BCUT2D eigenvalue weighted by atomic mass is 10.1. The molecule has 0 atom stereocenters. The van der Waals surface area contributed by atoms with E-state index in [0.29, 0.717) is 11.5 Å². The van der Waals surface area contributed by atoms with Gasteiger partial charge in [-0.05, 0) is 30.3 Å². The molecule has 28 heavy (non-hydrogen) atoms. The van der Waals surface area contributed by atoms with Gasteiger partial charge in [0.1, 0.15) is 17.3 Å². The smallest absolute Gasteiger partial charge is 0.161 e. The average Bonchev–Trinajstić information content (AvgIpc) is 3.11. The summed E-state index contributed by atoms with van der Waals surface area (Å²) in [7, 11) is 4.88. The molecule has 0 aliphatic carbocycles. The summed E-state index contributed by atoms with van der Waals surface area (Å²) < 4.78 is 18.1. The number of hydrogen-bond donors (Lipinski definition) is 1. The van der Waals surface area contributed by atoms with E-state index in [-0.39, 0.29) is 0 Å². The minimum atomic E-state index is 0.641. The molecule has 0 radical (unpaired) electrons. The van der Waals surface area contributed by atoms with Gasteiger partial charge in [0.2, 0.25) is 0 Å². The first kappa shape index (κ1) is 17.7. The monoisotopic (exact) mass is 376 g/mol. The highest BCUT2D eigenvalue weighted by Gasteiger charge is 2.16. The fourth-order valence-corrected chi connectivity index (χ4v) is 3.05. The third-order valence-corrected chi connectivity index (χ3v) is 4.42. The first-order chi connectivity index (χ1) is 13.7. The minimum Gasteiger partial charge on any atom is -0.497 e. The number of anilines is 2. The quantitative estimate of drug-likeness (QED) is 0.545. The fourth-order valence-electron chi connectivity index (χ4n) is 3.05. The zero-order valence-corrected chi connectivity index (χ0v) is 15.8.